The van der Waals surface area contributed by atoms with Gasteiger partial charge in [0.2, 0.25) is 0 Å². The summed E-state index contributed by atoms with van der Waals surface area (Å²) in [7, 11) is 1.80. The minimum absolute atomic E-state index is 0.730. The summed E-state index contributed by atoms with van der Waals surface area (Å²) < 4.78 is 5.24. The van der Waals surface area contributed by atoms with Crippen LogP contribution < -0.4 is 5.32 Å². The lowest BCUT2D eigenvalue weighted by molar-refractivity contribution is 0.129. The molecule has 1 saturated carbocycles. The lowest BCUT2D eigenvalue weighted by Crippen LogP contribution is -2.43. The summed E-state index contributed by atoms with van der Waals surface area (Å²) in [5.74, 6) is 2.66. The number of nitrogens with zero attached hydrogens (tertiary/aromatic N) is 1. The van der Waals surface area contributed by atoms with Crippen molar-refractivity contribution < 1.29 is 4.74 Å². The molecule has 106 valence electrons. The van der Waals surface area contributed by atoms with Crippen molar-refractivity contribution in [1.82, 2.24) is 10.2 Å². The van der Waals surface area contributed by atoms with Crippen LogP contribution in [0.4, 0.5) is 0 Å². The average molecular weight is 254 g/mol. The second-order valence-electron chi connectivity index (χ2n) is 6.52. The smallest absolute Gasteiger partial charge is 0.0589 e. The molecule has 2 fully saturated rings. The van der Waals surface area contributed by atoms with Gasteiger partial charge in [-0.2, -0.15) is 0 Å². The van der Waals surface area contributed by atoms with Crippen LogP contribution in [0, 0.1) is 17.8 Å². The largest absolute Gasteiger partial charge is 0.383 e. The predicted molar refractivity (Wildman–Crippen MR) is 75.8 cm³/mol. The second kappa shape index (κ2) is 6.88. The normalized spacial score (nSPS) is 31.5. The lowest BCUT2D eigenvalue weighted by atomic mass is 9.93. The third kappa shape index (κ3) is 3.69. The first-order chi connectivity index (χ1) is 8.70. The maximum Gasteiger partial charge on any atom is 0.0589 e. The Morgan fingerprint density at radius 3 is 2.89 bits per heavy atom. The Hall–Kier alpha value is -0.120. The van der Waals surface area contributed by atoms with E-state index in [4.69, 9.17) is 4.74 Å². The first kappa shape index (κ1) is 14.3. The van der Waals surface area contributed by atoms with E-state index in [9.17, 15) is 0 Å². The first-order valence-electron chi connectivity index (χ1n) is 7.65. The van der Waals surface area contributed by atoms with Gasteiger partial charge in [-0.05, 0) is 37.1 Å². The molecular weight excluding hydrogens is 224 g/mol. The fourth-order valence-electron chi connectivity index (χ4n) is 3.77. The highest BCUT2D eigenvalue weighted by Gasteiger charge is 2.39. The van der Waals surface area contributed by atoms with E-state index in [0.29, 0.717) is 0 Å². The van der Waals surface area contributed by atoms with Gasteiger partial charge in [0.1, 0.15) is 0 Å². The van der Waals surface area contributed by atoms with Crippen molar-refractivity contribution in [3.63, 3.8) is 0 Å². The molecule has 1 aliphatic heterocycles. The van der Waals surface area contributed by atoms with Crippen molar-refractivity contribution in [2.75, 3.05) is 39.9 Å². The molecule has 0 bridgehead atoms. The van der Waals surface area contributed by atoms with Gasteiger partial charge in [-0.25, -0.2) is 0 Å². The molecule has 0 aromatic heterocycles. The number of hydrogen-bond acceptors (Lipinski definition) is 3. The van der Waals surface area contributed by atoms with E-state index in [-0.39, 0.29) is 0 Å². The molecule has 0 spiro atoms. The first-order valence-corrected chi connectivity index (χ1v) is 7.65. The van der Waals surface area contributed by atoms with E-state index in [1.807, 2.05) is 0 Å². The molecule has 3 unspecified atom stereocenters. The van der Waals surface area contributed by atoms with Crippen molar-refractivity contribution in [2.45, 2.75) is 39.2 Å². The van der Waals surface area contributed by atoms with E-state index in [1.165, 1.54) is 38.9 Å². The zero-order valence-corrected chi connectivity index (χ0v) is 12.3. The monoisotopic (exact) mass is 254 g/mol. The Labute approximate surface area is 112 Å². The minimum atomic E-state index is 0.730. The maximum atomic E-state index is 5.24. The summed E-state index contributed by atoms with van der Waals surface area (Å²) in [6.45, 7) is 10.2. The fraction of sp³-hybridized carbons (Fsp3) is 1.00. The van der Waals surface area contributed by atoms with Crippen LogP contribution in [0.3, 0.4) is 0 Å². The molecule has 0 radical (unpaired) electrons. The van der Waals surface area contributed by atoms with Crippen LogP contribution in [0.25, 0.3) is 0 Å². The van der Waals surface area contributed by atoms with Crippen molar-refractivity contribution >= 4 is 0 Å². The van der Waals surface area contributed by atoms with Crippen molar-refractivity contribution in [1.29, 1.82) is 0 Å². The van der Waals surface area contributed by atoms with Gasteiger partial charge in [0, 0.05) is 32.8 Å². The van der Waals surface area contributed by atoms with E-state index >= 15 is 0 Å². The van der Waals surface area contributed by atoms with E-state index in [1.54, 1.807) is 7.11 Å². The van der Waals surface area contributed by atoms with Crippen LogP contribution in [-0.4, -0.2) is 50.8 Å². The van der Waals surface area contributed by atoms with Gasteiger partial charge in [0.15, 0.2) is 0 Å². The molecule has 2 aliphatic rings. The third-order valence-electron chi connectivity index (χ3n) is 4.57. The van der Waals surface area contributed by atoms with Crippen molar-refractivity contribution in [3.8, 4) is 0 Å². The van der Waals surface area contributed by atoms with Gasteiger partial charge >= 0.3 is 0 Å². The standard InChI is InChI=1S/C15H30N2O/c1-12(2)10-17(7-8-18-3)11-15-14-6-4-5-13(14)9-16-15/h12-16H,4-11H2,1-3H3. The summed E-state index contributed by atoms with van der Waals surface area (Å²) in [5, 5.41) is 3.76. The lowest BCUT2D eigenvalue weighted by Gasteiger charge is -2.29. The molecule has 0 amide bonds. The fourth-order valence-corrected chi connectivity index (χ4v) is 3.77. The summed E-state index contributed by atoms with van der Waals surface area (Å²) in [4.78, 5) is 2.59. The molecule has 0 aromatic rings. The van der Waals surface area contributed by atoms with Crippen LogP contribution in [-0.2, 0) is 4.74 Å². The van der Waals surface area contributed by atoms with Crippen LogP contribution in [0.5, 0.6) is 0 Å². The summed E-state index contributed by atoms with van der Waals surface area (Å²) in [6, 6.07) is 0.730. The number of methoxy groups -OCH3 is 1. The molecule has 1 aliphatic carbocycles. The van der Waals surface area contributed by atoms with Crippen molar-refractivity contribution in [2.24, 2.45) is 17.8 Å². The molecule has 1 saturated heterocycles. The van der Waals surface area contributed by atoms with Crippen LogP contribution >= 0.6 is 0 Å². The van der Waals surface area contributed by atoms with Crippen LogP contribution in [0.15, 0.2) is 0 Å². The van der Waals surface area contributed by atoms with Crippen molar-refractivity contribution in [3.05, 3.63) is 0 Å². The maximum absolute atomic E-state index is 5.24. The molecule has 3 nitrogen and oxygen atoms in total. The molecule has 18 heavy (non-hydrogen) atoms. The minimum Gasteiger partial charge on any atom is -0.383 e. The summed E-state index contributed by atoms with van der Waals surface area (Å²) in [5.41, 5.74) is 0. The van der Waals surface area contributed by atoms with Gasteiger partial charge in [-0.15, -0.1) is 0 Å². The van der Waals surface area contributed by atoms with Crippen LogP contribution in [0.2, 0.25) is 0 Å². The van der Waals surface area contributed by atoms with Gasteiger partial charge < -0.3 is 10.1 Å². The summed E-state index contributed by atoms with van der Waals surface area (Å²) >= 11 is 0. The van der Waals surface area contributed by atoms with Gasteiger partial charge in [0.05, 0.1) is 6.61 Å². The molecule has 3 heteroatoms. The SMILES string of the molecule is COCCN(CC(C)C)CC1NCC2CCCC21. The zero-order valence-electron chi connectivity index (χ0n) is 12.3. The Kier molecular flexibility index (Phi) is 5.46. The highest BCUT2D eigenvalue weighted by molar-refractivity contribution is 4.95. The van der Waals surface area contributed by atoms with E-state index in [0.717, 1.165) is 36.9 Å². The van der Waals surface area contributed by atoms with E-state index < -0.39 is 0 Å². The Bertz CT molecular complexity index is 245. The van der Waals surface area contributed by atoms with E-state index in [2.05, 4.69) is 24.1 Å². The summed E-state index contributed by atoms with van der Waals surface area (Å²) in [6.07, 6.45) is 4.36. The number of ether oxygens (including phenoxy) is 1. The van der Waals surface area contributed by atoms with Gasteiger partial charge in [-0.1, -0.05) is 20.3 Å². The number of rotatable bonds is 7. The van der Waals surface area contributed by atoms with Crippen LogP contribution in [0.1, 0.15) is 33.1 Å². The second-order valence-corrected chi connectivity index (χ2v) is 6.52. The quantitative estimate of drug-likeness (QED) is 0.752. The topological polar surface area (TPSA) is 24.5 Å². The number of hydrogen-bond donors (Lipinski definition) is 1. The predicted octanol–water partition coefficient (Wildman–Crippen LogP) is 1.98. The Morgan fingerprint density at radius 2 is 2.17 bits per heavy atom. The molecule has 3 atom stereocenters. The highest BCUT2D eigenvalue weighted by atomic mass is 16.5. The average Bonchev–Trinajstić information content (AvgIpc) is 2.90. The Morgan fingerprint density at radius 1 is 1.33 bits per heavy atom. The molecule has 1 heterocycles. The number of nitrogens with one attached hydrogen (secondary N) is 1. The molecule has 2 rings (SSSR count). The molecule has 0 aromatic carbocycles. The van der Waals surface area contributed by atoms with Gasteiger partial charge in [-0.3, -0.25) is 4.90 Å². The van der Waals surface area contributed by atoms with Gasteiger partial charge in [0.25, 0.3) is 0 Å². The third-order valence-corrected chi connectivity index (χ3v) is 4.57. The molecular formula is C15H30N2O. The molecule has 1 N–H and O–H groups in total. The zero-order chi connectivity index (χ0) is 13.0. The highest BCUT2D eigenvalue weighted by Crippen LogP contribution is 2.37. The number of fused-ring (bicyclic) bond motifs is 1. The Balaban J connectivity index is 1.83.